The van der Waals surface area contributed by atoms with Crippen LogP contribution in [0.1, 0.15) is 51.7 Å². The molecule has 8 heteroatoms. The molecule has 1 aliphatic heterocycles. The van der Waals surface area contributed by atoms with Gasteiger partial charge in [0.05, 0.1) is 11.0 Å². The molecule has 0 aliphatic carbocycles. The van der Waals surface area contributed by atoms with Gasteiger partial charge in [-0.1, -0.05) is 32.0 Å². The number of aryl methyl sites for hydroxylation is 1. The maximum absolute atomic E-state index is 14.0. The molecule has 0 aromatic heterocycles. The van der Waals surface area contributed by atoms with Gasteiger partial charge in [-0.05, 0) is 31.0 Å². The lowest BCUT2D eigenvalue weighted by Gasteiger charge is -2.13. The average molecular weight is 389 g/mol. The van der Waals surface area contributed by atoms with Crippen molar-refractivity contribution < 1.29 is 22.4 Å². The average Bonchev–Trinajstić information content (AvgIpc) is 3.04. The predicted molar refractivity (Wildman–Crippen MR) is 102 cm³/mol. The molecule has 148 valence electrons. The lowest BCUT2D eigenvalue weighted by Crippen LogP contribution is -2.23. The zero-order valence-corrected chi connectivity index (χ0v) is 16.8. The Morgan fingerprint density at radius 3 is 2.46 bits per heavy atom. The van der Waals surface area contributed by atoms with Crippen LogP contribution in [0.4, 0.5) is 4.39 Å². The van der Waals surface area contributed by atoms with E-state index < -0.39 is 15.1 Å². The van der Waals surface area contributed by atoms with Gasteiger partial charge >= 0.3 is 0 Å². The van der Waals surface area contributed by atoms with Gasteiger partial charge in [0.25, 0.3) is 0 Å². The first-order chi connectivity index (χ1) is 12.2. The predicted octanol–water partition coefficient (Wildman–Crippen LogP) is 2.83. The Morgan fingerprint density at radius 1 is 1.42 bits per heavy atom. The number of nitrogens with two attached hydrogens (primary N) is 1. The van der Waals surface area contributed by atoms with Gasteiger partial charge in [0.2, 0.25) is 6.41 Å². The number of hydrogen-bond acceptors (Lipinski definition) is 5. The summed E-state index contributed by atoms with van der Waals surface area (Å²) in [5.74, 6) is -0.312. The van der Waals surface area contributed by atoms with Gasteiger partial charge in [-0.2, -0.15) is 0 Å². The topological polar surface area (TPSA) is 98.8 Å². The third kappa shape index (κ3) is 7.51. The summed E-state index contributed by atoms with van der Waals surface area (Å²) in [4.78, 5) is 13.8. The number of carbonyl (C=O) groups excluding carboxylic acids is 1. The Labute approximate surface area is 155 Å². The molecule has 2 N–H and O–H groups in total. The third-order valence-corrected chi connectivity index (χ3v) is 5.47. The molecular weight excluding hydrogens is 359 g/mol. The fourth-order valence-electron chi connectivity index (χ4n) is 2.27. The summed E-state index contributed by atoms with van der Waals surface area (Å²) in [5.41, 5.74) is 6.07. The maximum Gasteiger partial charge on any atom is 0.204 e. The molecule has 0 spiro atoms. The van der Waals surface area contributed by atoms with Crippen molar-refractivity contribution in [3.05, 3.63) is 35.1 Å². The maximum atomic E-state index is 14.0. The van der Waals surface area contributed by atoms with Crippen LogP contribution in [0.15, 0.2) is 23.4 Å². The van der Waals surface area contributed by atoms with Crippen LogP contribution in [0.5, 0.6) is 0 Å². The van der Waals surface area contributed by atoms with Gasteiger partial charge in [-0.15, -0.1) is 0 Å². The zero-order chi connectivity index (χ0) is 20.3. The summed E-state index contributed by atoms with van der Waals surface area (Å²) in [5, 5.41) is 3.42. The number of rotatable bonds is 5. The molecule has 1 aromatic rings. The summed E-state index contributed by atoms with van der Waals surface area (Å²) < 4.78 is 36.9. The normalized spacial score (nSPS) is 16.8. The molecular formula is C18H29FN2O4S. The van der Waals surface area contributed by atoms with Crippen molar-refractivity contribution >= 4 is 22.0 Å². The number of amides is 1. The molecule has 1 aromatic carbocycles. The van der Waals surface area contributed by atoms with E-state index >= 15 is 0 Å². The van der Waals surface area contributed by atoms with Crippen molar-refractivity contribution in [2.45, 2.75) is 58.3 Å². The molecule has 0 saturated carbocycles. The van der Waals surface area contributed by atoms with Crippen LogP contribution in [0.3, 0.4) is 0 Å². The molecule has 6 nitrogen and oxygen atoms in total. The van der Waals surface area contributed by atoms with Crippen LogP contribution in [0.2, 0.25) is 0 Å². The van der Waals surface area contributed by atoms with Crippen LogP contribution in [-0.2, 0) is 25.9 Å². The van der Waals surface area contributed by atoms with Crippen molar-refractivity contribution in [2.75, 3.05) is 6.26 Å². The van der Waals surface area contributed by atoms with E-state index in [0.717, 1.165) is 12.0 Å². The first-order valence-corrected chi connectivity index (χ1v) is 10.5. The summed E-state index contributed by atoms with van der Waals surface area (Å²) in [6.45, 7) is 7.61. The Morgan fingerprint density at radius 2 is 2.00 bits per heavy atom. The first kappa shape index (κ1) is 24.0. The Kier molecular flexibility index (Phi) is 10.7. The van der Waals surface area contributed by atoms with E-state index in [1.165, 1.54) is 12.3 Å². The zero-order valence-electron chi connectivity index (χ0n) is 16.0. The standard InChI is InChI=1S/C15H20FNO3S.C2H6.CH3NO/c1-4-11-5-6-13(14(16)8-11)15-9-12(20-17-15)7-10(2)21(3,18)19;1-2;2-1-3/h5-6,8,10,12H,4,7,9H2,1-3H3;1-2H3;1H,(H2,2,3). The van der Waals surface area contributed by atoms with Crippen LogP contribution in [-0.4, -0.2) is 38.1 Å². The molecule has 0 bridgehead atoms. The summed E-state index contributed by atoms with van der Waals surface area (Å²) >= 11 is 0. The molecule has 0 fully saturated rings. The lowest BCUT2D eigenvalue weighted by atomic mass is 10.0. The monoisotopic (exact) mass is 388 g/mol. The smallest absolute Gasteiger partial charge is 0.204 e. The van der Waals surface area contributed by atoms with Crippen molar-refractivity contribution in [3.63, 3.8) is 0 Å². The largest absolute Gasteiger partial charge is 0.392 e. The molecule has 2 unspecified atom stereocenters. The second-order valence-corrected chi connectivity index (χ2v) is 8.11. The van der Waals surface area contributed by atoms with Crippen LogP contribution in [0, 0.1) is 5.82 Å². The minimum Gasteiger partial charge on any atom is -0.392 e. The van der Waals surface area contributed by atoms with E-state index in [0.29, 0.717) is 24.1 Å². The first-order valence-electron chi connectivity index (χ1n) is 8.58. The SMILES string of the molecule is CC.CCc1ccc(C2=NOC(CC(C)S(C)(=O)=O)C2)c(F)c1.NC=O. The van der Waals surface area contributed by atoms with E-state index in [1.807, 2.05) is 26.8 Å². The van der Waals surface area contributed by atoms with E-state index in [9.17, 15) is 12.8 Å². The highest BCUT2D eigenvalue weighted by Gasteiger charge is 2.28. The molecule has 0 saturated heterocycles. The highest BCUT2D eigenvalue weighted by atomic mass is 32.2. The van der Waals surface area contributed by atoms with Gasteiger partial charge < -0.3 is 10.6 Å². The molecule has 1 aliphatic rings. The fourth-order valence-corrected chi connectivity index (χ4v) is 2.84. The number of hydrogen-bond donors (Lipinski definition) is 1. The van der Waals surface area contributed by atoms with Crippen molar-refractivity contribution in [1.29, 1.82) is 0 Å². The molecule has 2 rings (SSSR count). The van der Waals surface area contributed by atoms with Crippen molar-refractivity contribution in [3.8, 4) is 0 Å². The van der Waals surface area contributed by atoms with Gasteiger partial charge in [-0.25, -0.2) is 12.8 Å². The minimum absolute atomic E-state index is 0.250. The summed E-state index contributed by atoms with van der Waals surface area (Å²) in [6.07, 6.45) is 2.71. The summed E-state index contributed by atoms with van der Waals surface area (Å²) in [6, 6.07) is 5.08. The second kappa shape index (κ2) is 11.6. The summed E-state index contributed by atoms with van der Waals surface area (Å²) in [7, 11) is -3.09. The number of primary amides is 1. The molecule has 26 heavy (non-hydrogen) atoms. The molecule has 2 atom stereocenters. The second-order valence-electron chi connectivity index (χ2n) is 5.65. The minimum atomic E-state index is -3.09. The Balaban J connectivity index is 0.00000113. The number of carbonyl (C=O) groups is 1. The van der Waals surface area contributed by atoms with Gasteiger partial charge in [0.1, 0.15) is 21.8 Å². The number of halogens is 1. The quantitative estimate of drug-likeness (QED) is 0.784. The van der Waals surface area contributed by atoms with Gasteiger partial charge in [0, 0.05) is 24.7 Å². The van der Waals surface area contributed by atoms with E-state index in [4.69, 9.17) is 9.63 Å². The van der Waals surface area contributed by atoms with E-state index in [2.05, 4.69) is 10.9 Å². The van der Waals surface area contributed by atoms with Gasteiger partial charge in [0.15, 0.2) is 0 Å². The van der Waals surface area contributed by atoms with Crippen LogP contribution >= 0.6 is 0 Å². The van der Waals surface area contributed by atoms with E-state index in [-0.39, 0.29) is 18.3 Å². The highest BCUT2D eigenvalue weighted by molar-refractivity contribution is 7.91. The number of oxime groups is 1. The molecule has 0 radical (unpaired) electrons. The Bertz CT molecular complexity index is 705. The number of sulfone groups is 1. The molecule has 1 amide bonds. The Hall–Kier alpha value is -1.96. The number of benzene rings is 1. The fraction of sp³-hybridized carbons (Fsp3) is 0.556. The third-order valence-electron chi connectivity index (χ3n) is 3.81. The van der Waals surface area contributed by atoms with Crippen molar-refractivity contribution in [1.82, 2.24) is 0 Å². The highest BCUT2D eigenvalue weighted by Crippen LogP contribution is 2.24. The van der Waals surface area contributed by atoms with Gasteiger partial charge in [-0.3, -0.25) is 4.79 Å². The van der Waals surface area contributed by atoms with E-state index in [1.54, 1.807) is 13.0 Å². The van der Waals surface area contributed by atoms with Crippen LogP contribution < -0.4 is 5.73 Å². The lowest BCUT2D eigenvalue weighted by molar-refractivity contribution is -0.106. The molecule has 1 heterocycles. The van der Waals surface area contributed by atoms with Crippen LogP contribution in [0.25, 0.3) is 0 Å². The number of nitrogens with zero attached hydrogens (tertiary/aromatic N) is 1. The van der Waals surface area contributed by atoms with Crippen molar-refractivity contribution in [2.24, 2.45) is 10.9 Å².